The van der Waals surface area contributed by atoms with Gasteiger partial charge in [-0.1, -0.05) is 25.1 Å². The Balaban J connectivity index is 1.71. The van der Waals surface area contributed by atoms with Crippen molar-refractivity contribution in [3.8, 4) is 5.75 Å². The minimum Gasteiger partial charge on any atom is -0.495 e. The maximum absolute atomic E-state index is 14.0. The average molecular weight is 780 g/mol. The van der Waals surface area contributed by atoms with Gasteiger partial charge in [0.2, 0.25) is 23.6 Å². The minimum atomic E-state index is -2.20. The molecule has 4 atom stereocenters. The van der Waals surface area contributed by atoms with Gasteiger partial charge in [-0.15, -0.1) is 11.3 Å². The molecular weight excluding hydrogens is 735 g/mol. The van der Waals surface area contributed by atoms with Gasteiger partial charge < -0.3 is 46.5 Å². The molecule has 19 heteroatoms. The number of allylic oxidation sites excluding steroid dienone is 1. The van der Waals surface area contributed by atoms with Crippen LogP contribution in [0.1, 0.15) is 68.1 Å². The summed E-state index contributed by atoms with van der Waals surface area (Å²) in [5.41, 5.74) is -1.17. The fourth-order valence-corrected chi connectivity index (χ4v) is 6.47. The molecule has 1 aliphatic rings. The Kier molecular flexibility index (Phi) is 13.5. The molecule has 4 rings (SSSR count). The van der Waals surface area contributed by atoms with Crippen molar-refractivity contribution in [3.63, 3.8) is 0 Å². The molecule has 0 saturated carbocycles. The third-order valence-electron chi connectivity index (χ3n) is 9.04. The van der Waals surface area contributed by atoms with Gasteiger partial charge in [-0.05, 0) is 45.7 Å². The summed E-state index contributed by atoms with van der Waals surface area (Å²) in [6.07, 6.45) is 2.99. The van der Waals surface area contributed by atoms with Crippen molar-refractivity contribution in [2.24, 2.45) is 0 Å². The molecule has 0 aliphatic carbocycles. The number of rotatable bonds is 5. The second-order valence-corrected chi connectivity index (χ2v) is 13.9. The molecule has 55 heavy (non-hydrogen) atoms. The van der Waals surface area contributed by atoms with E-state index in [0.29, 0.717) is 27.2 Å². The molecule has 0 saturated heterocycles. The number of hydrogen-bond acceptors (Lipinski definition) is 11. The number of ether oxygens (including phenoxy) is 1. The van der Waals surface area contributed by atoms with E-state index in [2.05, 4.69) is 41.9 Å². The van der Waals surface area contributed by atoms with Gasteiger partial charge in [0.25, 0.3) is 17.7 Å². The number of carbonyl (C=O) groups is 8. The van der Waals surface area contributed by atoms with Crippen LogP contribution in [0.5, 0.6) is 5.75 Å². The molecule has 0 spiro atoms. The van der Waals surface area contributed by atoms with Crippen LogP contribution in [-0.2, 0) is 40.0 Å². The summed E-state index contributed by atoms with van der Waals surface area (Å²) < 4.78 is 5.44. The van der Waals surface area contributed by atoms with Gasteiger partial charge in [-0.25, -0.2) is 4.98 Å². The van der Waals surface area contributed by atoms with Crippen molar-refractivity contribution in [3.05, 3.63) is 57.8 Å². The predicted octanol–water partition coefficient (Wildman–Crippen LogP) is 0.118. The molecule has 1 aromatic carbocycles. The van der Waals surface area contributed by atoms with Gasteiger partial charge in [0.15, 0.2) is 11.3 Å². The zero-order valence-corrected chi connectivity index (χ0v) is 32.3. The van der Waals surface area contributed by atoms with Crippen LogP contribution in [0.2, 0.25) is 0 Å². The molecular formula is C36H45N9O9S. The molecule has 3 aromatic rings. The number of para-hydroxylation sites is 1. The van der Waals surface area contributed by atoms with E-state index in [-0.39, 0.29) is 24.2 Å². The number of likely N-dealkylation sites (N-methyl/N-ethyl adjacent to an activating group) is 1. The molecule has 1 aliphatic heterocycles. The number of aromatic nitrogens is 2. The van der Waals surface area contributed by atoms with Gasteiger partial charge in [-0.3, -0.25) is 38.4 Å². The first kappa shape index (κ1) is 41.6. The Hall–Kier alpha value is -6.11. The van der Waals surface area contributed by atoms with E-state index in [4.69, 9.17) is 4.74 Å². The number of H-pyrrole nitrogens is 1. The van der Waals surface area contributed by atoms with Crippen LogP contribution in [0, 0.1) is 0 Å². The van der Waals surface area contributed by atoms with Gasteiger partial charge in [-0.2, -0.15) is 0 Å². The molecule has 7 N–H and O–H groups in total. The van der Waals surface area contributed by atoms with Gasteiger partial charge in [0.05, 0.1) is 31.8 Å². The Morgan fingerprint density at radius 2 is 1.78 bits per heavy atom. The predicted molar refractivity (Wildman–Crippen MR) is 200 cm³/mol. The number of ketones is 1. The number of amides is 7. The second-order valence-electron chi connectivity index (χ2n) is 13.0. The van der Waals surface area contributed by atoms with Crippen molar-refractivity contribution < 1.29 is 43.1 Å². The Morgan fingerprint density at radius 1 is 1.05 bits per heavy atom. The lowest BCUT2D eigenvalue weighted by Crippen LogP contribution is -2.65. The van der Waals surface area contributed by atoms with Gasteiger partial charge in [0, 0.05) is 30.4 Å². The highest BCUT2D eigenvalue weighted by molar-refractivity contribution is 7.09. The van der Waals surface area contributed by atoms with Crippen LogP contribution in [0.4, 0.5) is 0 Å². The Bertz CT molecular complexity index is 2040. The van der Waals surface area contributed by atoms with E-state index in [1.165, 1.54) is 32.5 Å². The summed E-state index contributed by atoms with van der Waals surface area (Å²) in [4.78, 5) is 115. The van der Waals surface area contributed by atoms with Crippen molar-refractivity contribution in [2.45, 2.75) is 71.1 Å². The van der Waals surface area contributed by atoms with E-state index >= 15 is 0 Å². The lowest BCUT2D eigenvalue weighted by molar-refractivity contribution is -0.141. The fourth-order valence-electron chi connectivity index (χ4n) is 5.66. The van der Waals surface area contributed by atoms with Crippen molar-refractivity contribution >= 4 is 69.4 Å². The number of Topliss-reactive ketones (excluding diaryl/α,β-unsaturated/α-hetero) is 1. The number of methoxy groups -OCH3 is 1. The molecule has 0 radical (unpaired) electrons. The average Bonchev–Trinajstić information content (AvgIpc) is 3.82. The third-order valence-corrected chi connectivity index (χ3v) is 10.1. The summed E-state index contributed by atoms with van der Waals surface area (Å²) in [7, 11) is 2.88. The lowest BCUT2D eigenvalue weighted by Gasteiger charge is -2.29. The first-order valence-electron chi connectivity index (χ1n) is 17.3. The highest BCUT2D eigenvalue weighted by Crippen LogP contribution is 2.28. The standard InChI is InChI=1S/C36H45N9O9S/c1-8-22-30(49)41-23(9-2)34(52)45(6)16-28(48)39-18(3)33-43-25(17-55-33)31(50)42-24(13-20-14-37-29-21(20)11-10-12-26(29)54-7)32(51)44-36(5,19(4)46)35(53)38-15-27(47)40-22/h9-12,14,17-18,22,24,37H,8,13,15-16H2,1-7H3,(H,38,53)(H,39,48)(H,40,47)(H,41,49)(H,42,50)(H,44,51)/b23-9-/t18-,22-,24-,36+/m1/s1. The number of nitrogens with zero attached hydrogens (tertiary/aromatic N) is 2. The maximum atomic E-state index is 14.0. The van der Waals surface area contributed by atoms with Crippen molar-refractivity contribution in [1.82, 2.24) is 46.8 Å². The van der Waals surface area contributed by atoms with E-state index < -0.39 is 83.9 Å². The minimum absolute atomic E-state index is 0.0711. The van der Waals surface area contributed by atoms with Crippen LogP contribution in [0.25, 0.3) is 10.9 Å². The fraction of sp³-hybridized carbons (Fsp3) is 0.417. The summed E-state index contributed by atoms with van der Waals surface area (Å²) in [5, 5.41) is 17.6. The van der Waals surface area contributed by atoms with Crippen LogP contribution < -0.4 is 36.6 Å². The number of fused-ring (bicyclic) bond motifs is 3. The second kappa shape index (κ2) is 17.8. The first-order valence-corrected chi connectivity index (χ1v) is 18.2. The van der Waals surface area contributed by atoms with E-state index in [1.54, 1.807) is 38.2 Å². The SMILES string of the molecule is C/C=C1\NC(=O)[C@@H](CC)NC(=O)CNC(=O)[C@](C)(C(C)=O)NC(=O)[C@@H](Cc2c[nH]c3c(OC)cccc23)NC(=O)c2csc(n2)[C@@H](C)NC(=O)CN(C)C1=O. The first-order chi connectivity index (χ1) is 26.0. The quantitative estimate of drug-likeness (QED) is 0.136. The molecule has 18 nitrogen and oxygen atoms in total. The molecule has 294 valence electrons. The molecule has 3 heterocycles. The normalized spacial score (nSPS) is 23.5. The van der Waals surface area contributed by atoms with Gasteiger partial charge in [0.1, 0.15) is 34.2 Å². The summed E-state index contributed by atoms with van der Waals surface area (Å²) in [5.74, 6) is -5.68. The molecule has 0 fully saturated rings. The summed E-state index contributed by atoms with van der Waals surface area (Å²) in [6, 6.07) is 2.11. The van der Waals surface area contributed by atoms with Gasteiger partial charge >= 0.3 is 0 Å². The highest BCUT2D eigenvalue weighted by atomic mass is 32.1. The number of aromatic amines is 1. The highest BCUT2D eigenvalue weighted by Gasteiger charge is 2.42. The number of carbonyl (C=O) groups excluding carboxylic acids is 8. The molecule has 2 bridgehead atoms. The van der Waals surface area contributed by atoms with Crippen molar-refractivity contribution in [1.29, 1.82) is 0 Å². The monoisotopic (exact) mass is 779 g/mol. The van der Waals surface area contributed by atoms with E-state index in [0.717, 1.165) is 30.1 Å². The smallest absolute Gasteiger partial charge is 0.271 e. The lowest BCUT2D eigenvalue weighted by atomic mass is 9.94. The Morgan fingerprint density at radius 3 is 2.44 bits per heavy atom. The van der Waals surface area contributed by atoms with Crippen LogP contribution in [0.15, 0.2) is 41.5 Å². The maximum Gasteiger partial charge on any atom is 0.271 e. The largest absolute Gasteiger partial charge is 0.495 e. The zero-order valence-electron chi connectivity index (χ0n) is 31.5. The number of benzene rings is 1. The Labute approximate surface area is 320 Å². The van der Waals surface area contributed by atoms with Crippen molar-refractivity contribution in [2.75, 3.05) is 27.2 Å². The number of thiazole rings is 1. The topological polar surface area (TPSA) is 250 Å². The summed E-state index contributed by atoms with van der Waals surface area (Å²) in [6.45, 7) is 5.93. The van der Waals surface area contributed by atoms with Crippen LogP contribution >= 0.6 is 11.3 Å². The van der Waals surface area contributed by atoms with E-state index in [9.17, 15) is 38.4 Å². The molecule has 0 unspecified atom stereocenters. The summed E-state index contributed by atoms with van der Waals surface area (Å²) >= 11 is 1.08. The number of nitrogens with one attached hydrogen (secondary N) is 7. The number of hydrogen-bond donors (Lipinski definition) is 7. The third kappa shape index (κ3) is 9.71. The van der Waals surface area contributed by atoms with E-state index in [1.807, 2.05) is 0 Å². The molecule has 7 amide bonds. The molecule has 2 aromatic heterocycles. The van der Waals surface area contributed by atoms with Crippen LogP contribution in [-0.4, -0.2) is 107 Å². The van der Waals surface area contributed by atoms with Crippen LogP contribution in [0.3, 0.4) is 0 Å². The zero-order chi connectivity index (χ0) is 40.6.